The van der Waals surface area contributed by atoms with Gasteiger partial charge in [-0.05, 0) is 27.8 Å². The molecule has 2 heterocycles. The van der Waals surface area contributed by atoms with Crippen molar-refractivity contribution >= 4 is 27.4 Å². The summed E-state index contributed by atoms with van der Waals surface area (Å²) in [5.74, 6) is 0.856. The van der Waals surface area contributed by atoms with Crippen molar-refractivity contribution in [1.82, 2.24) is 14.4 Å². The van der Waals surface area contributed by atoms with Gasteiger partial charge >= 0.3 is 0 Å². The van der Waals surface area contributed by atoms with E-state index in [0.29, 0.717) is 11.5 Å². The predicted molar refractivity (Wildman–Crippen MR) is 66.5 cm³/mol. The molecule has 0 amide bonds. The third-order valence-electron chi connectivity index (χ3n) is 3.17. The Bertz CT molecular complexity index is 546. The Kier molecular flexibility index (Phi) is 2.01. The molecule has 2 aromatic heterocycles. The second-order valence-electron chi connectivity index (χ2n) is 4.96. The van der Waals surface area contributed by atoms with Crippen molar-refractivity contribution in [2.24, 2.45) is 5.41 Å². The first kappa shape index (κ1) is 10.1. The van der Waals surface area contributed by atoms with Crippen LogP contribution in [0.1, 0.15) is 20.3 Å². The highest BCUT2D eigenvalue weighted by Gasteiger charge is 2.46. The van der Waals surface area contributed by atoms with E-state index in [2.05, 4.69) is 45.1 Å². The molecule has 1 atom stereocenters. The standard InChI is InChI=1S/C11H13BrN4/c1-11(2)5-7(11)14-9-10-13-3-4-16(10)6-8(12)15-9/h3-4,6-7H,5H2,1-2H3,(H,14,15). The number of aromatic nitrogens is 3. The lowest BCUT2D eigenvalue weighted by Gasteiger charge is -2.08. The van der Waals surface area contributed by atoms with Crippen molar-refractivity contribution in [2.45, 2.75) is 26.3 Å². The number of anilines is 1. The number of hydrogen-bond acceptors (Lipinski definition) is 3. The Hall–Kier alpha value is -1.10. The van der Waals surface area contributed by atoms with E-state index in [1.165, 1.54) is 6.42 Å². The maximum absolute atomic E-state index is 4.44. The highest BCUT2D eigenvalue weighted by atomic mass is 79.9. The quantitative estimate of drug-likeness (QED) is 0.920. The summed E-state index contributed by atoms with van der Waals surface area (Å²) in [5.41, 5.74) is 1.26. The summed E-state index contributed by atoms with van der Waals surface area (Å²) in [7, 11) is 0. The molecule has 3 rings (SSSR count). The summed E-state index contributed by atoms with van der Waals surface area (Å²) < 4.78 is 2.79. The molecule has 84 valence electrons. The van der Waals surface area contributed by atoms with Crippen molar-refractivity contribution in [2.75, 3.05) is 5.32 Å². The molecule has 1 aliphatic rings. The van der Waals surface area contributed by atoms with E-state index in [0.717, 1.165) is 16.1 Å². The molecule has 2 aromatic rings. The largest absolute Gasteiger partial charge is 0.364 e. The van der Waals surface area contributed by atoms with E-state index in [1.54, 1.807) is 6.20 Å². The zero-order valence-electron chi connectivity index (χ0n) is 9.24. The van der Waals surface area contributed by atoms with Crippen molar-refractivity contribution in [3.8, 4) is 0 Å². The lowest BCUT2D eigenvalue weighted by atomic mass is 10.2. The smallest absolute Gasteiger partial charge is 0.180 e. The number of hydrogen-bond donors (Lipinski definition) is 1. The highest BCUT2D eigenvalue weighted by molar-refractivity contribution is 9.10. The van der Waals surface area contributed by atoms with Gasteiger partial charge in [0.25, 0.3) is 0 Å². The summed E-state index contributed by atoms with van der Waals surface area (Å²) in [5, 5.41) is 3.45. The number of rotatable bonds is 2. The summed E-state index contributed by atoms with van der Waals surface area (Å²) >= 11 is 3.41. The molecule has 0 aromatic carbocycles. The molecule has 1 unspecified atom stereocenters. The van der Waals surface area contributed by atoms with Crippen molar-refractivity contribution in [1.29, 1.82) is 0 Å². The molecule has 1 saturated carbocycles. The predicted octanol–water partition coefficient (Wildman–Crippen LogP) is 2.70. The van der Waals surface area contributed by atoms with E-state index in [-0.39, 0.29) is 0 Å². The topological polar surface area (TPSA) is 42.2 Å². The Morgan fingerprint density at radius 1 is 1.56 bits per heavy atom. The minimum absolute atomic E-state index is 0.383. The number of imidazole rings is 1. The van der Waals surface area contributed by atoms with Gasteiger partial charge in [-0.15, -0.1) is 0 Å². The number of halogens is 1. The monoisotopic (exact) mass is 280 g/mol. The van der Waals surface area contributed by atoms with Crippen LogP contribution in [0.3, 0.4) is 0 Å². The molecule has 0 bridgehead atoms. The number of nitrogens with zero attached hydrogens (tertiary/aromatic N) is 3. The molecule has 0 spiro atoms. The molecule has 1 N–H and O–H groups in total. The number of fused-ring (bicyclic) bond motifs is 1. The van der Waals surface area contributed by atoms with E-state index in [1.807, 2.05) is 16.8 Å². The average molecular weight is 281 g/mol. The fourth-order valence-corrected chi connectivity index (χ4v) is 2.27. The zero-order chi connectivity index (χ0) is 11.3. The first-order chi connectivity index (χ1) is 7.56. The Morgan fingerprint density at radius 3 is 3.00 bits per heavy atom. The third kappa shape index (κ3) is 1.59. The van der Waals surface area contributed by atoms with Gasteiger partial charge in [0.05, 0.1) is 0 Å². The fourth-order valence-electron chi connectivity index (χ4n) is 1.88. The van der Waals surface area contributed by atoms with Crippen LogP contribution in [0.4, 0.5) is 5.82 Å². The van der Waals surface area contributed by atoms with Crippen molar-refractivity contribution in [3.05, 3.63) is 23.2 Å². The minimum Gasteiger partial charge on any atom is -0.364 e. The zero-order valence-corrected chi connectivity index (χ0v) is 10.8. The molecule has 1 aliphatic carbocycles. The van der Waals surface area contributed by atoms with E-state index in [9.17, 15) is 0 Å². The van der Waals surface area contributed by atoms with Gasteiger partial charge in [0, 0.05) is 24.6 Å². The molecule has 0 radical (unpaired) electrons. The van der Waals surface area contributed by atoms with E-state index < -0.39 is 0 Å². The van der Waals surface area contributed by atoms with Crippen LogP contribution in [0.15, 0.2) is 23.2 Å². The molecule has 16 heavy (non-hydrogen) atoms. The van der Waals surface area contributed by atoms with Crippen LogP contribution in [0.25, 0.3) is 5.65 Å². The fraction of sp³-hybridized carbons (Fsp3) is 0.455. The molecule has 0 aliphatic heterocycles. The van der Waals surface area contributed by atoms with E-state index >= 15 is 0 Å². The van der Waals surface area contributed by atoms with Crippen LogP contribution in [-0.2, 0) is 0 Å². The van der Waals surface area contributed by atoms with Gasteiger partial charge in [-0.2, -0.15) is 0 Å². The average Bonchev–Trinajstić information content (AvgIpc) is 2.63. The van der Waals surface area contributed by atoms with Crippen LogP contribution in [0.5, 0.6) is 0 Å². The normalized spacial score (nSPS) is 22.3. The third-order valence-corrected chi connectivity index (χ3v) is 3.55. The maximum Gasteiger partial charge on any atom is 0.180 e. The molecule has 1 fully saturated rings. The van der Waals surface area contributed by atoms with Crippen LogP contribution >= 0.6 is 15.9 Å². The second kappa shape index (κ2) is 3.20. The van der Waals surface area contributed by atoms with Gasteiger partial charge in [0.1, 0.15) is 4.60 Å². The second-order valence-corrected chi connectivity index (χ2v) is 5.77. The first-order valence-corrected chi connectivity index (χ1v) is 6.11. The van der Waals surface area contributed by atoms with Crippen molar-refractivity contribution in [3.63, 3.8) is 0 Å². The summed E-state index contributed by atoms with van der Waals surface area (Å²) in [6.07, 6.45) is 6.80. The lowest BCUT2D eigenvalue weighted by Crippen LogP contribution is -2.11. The Morgan fingerprint density at radius 2 is 2.31 bits per heavy atom. The van der Waals surface area contributed by atoms with Gasteiger partial charge in [0.2, 0.25) is 0 Å². The lowest BCUT2D eigenvalue weighted by molar-refractivity contribution is 0.630. The van der Waals surface area contributed by atoms with Crippen molar-refractivity contribution < 1.29 is 0 Å². The van der Waals surface area contributed by atoms with Crippen LogP contribution < -0.4 is 5.32 Å². The number of nitrogens with one attached hydrogen (secondary N) is 1. The maximum atomic E-state index is 4.44. The van der Waals surface area contributed by atoms with Gasteiger partial charge in [0.15, 0.2) is 11.5 Å². The minimum atomic E-state index is 0.383. The molecule has 0 saturated heterocycles. The SMILES string of the molecule is CC1(C)CC1Nc1nc(Br)cn2ccnc12. The molecular weight excluding hydrogens is 268 g/mol. The highest BCUT2D eigenvalue weighted by Crippen LogP contribution is 2.46. The Labute approximate surface area is 102 Å². The summed E-state index contributed by atoms with van der Waals surface area (Å²) in [4.78, 5) is 8.75. The summed E-state index contributed by atoms with van der Waals surface area (Å²) in [6, 6.07) is 0.509. The van der Waals surface area contributed by atoms with Gasteiger partial charge < -0.3 is 9.72 Å². The van der Waals surface area contributed by atoms with Crippen LogP contribution in [-0.4, -0.2) is 20.4 Å². The molecular formula is C11H13BrN4. The molecule has 5 heteroatoms. The van der Waals surface area contributed by atoms with Gasteiger partial charge in [-0.1, -0.05) is 13.8 Å². The van der Waals surface area contributed by atoms with Crippen LogP contribution in [0, 0.1) is 5.41 Å². The summed E-state index contributed by atoms with van der Waals surface area (Å²) in [6.45, 7) is 4.51. The van der Waals surface area contributed by atoms with E-state index in [4.69, 9.17) is 0 Å². The van der Waals surface area contributed by atoms with Gasteiger partial charge in [-0.25, -0.2) is 9.97 Å². The Balaban J connectivity index is 1.99. The van der Waals surface area contributed by atoms with Crippen LogP contribution in [0.2, 0.25) is 0 Å². The molecule has 4 nitrogen and oxygen atoms in total. The first-order valence-electron chi connectivity index (χ1n) is 5.32. The van der Waals surface area contributed by atoms with Gasteiger partial charge in [-0.3, -0.25) is 0 Å².